The van der Waals surface area contributed by atoms with Gasteiger partial charge in [-0.1, -0.05) is 25.2 Å². The van der Waals surface area contributed by atoms with Crippen LogP contribution >= 0.6 is 11.3 Å². The summed E-state index contributed by atoms with van der Waals surface area (Å²) in [5.41, 5.74) is 3.49. The molecule has 2 aromatic rings. The number of fused-ring (bicyclic) bond motifs is 1. The summed E-state index contributed by atoms with van der Waals surface area (Å²) >= 11 is 1.60. The third kappa shape index (κ3) is 3.65. The van der Waals surface area contributed by atoms with Gasteiger partial charge in [0.15, 0.2) is 5.13 Å². The highest BCUT2D eigenvalue weighted by Crippen LogP contribution is 2.30. The zero-order valence-corrected chi connectivity index (χ0v) is 15.0. The fourth-order valence-electron chi connectivity index (χ4n) is 2.45. The maximum absolute atomic E-state index is 12.0. The number of benzene rings is 1. The van der Waals surface area contributed by atoms with Crippen molar-refractivity contribution in [3.05, 3.63) is 23.3 Å². The quantitative estimate of drug-likeness (QED) is 0.816. The Kier molecular flexibility index (Phi) is 5.53. The third-order valence-corrected chi connectivity index (χ3v) is 5.18. The van der Waals surface area contributed by atoms with Crippen LogP contribution in [0.3, 0.4) is 0 Å². The van der Waals surface area contributed by atoms with Gasteiger partial charge in [0.25, 0.3) is 0 Å². The molecule has 0 saturated heterocycles. The number of amides is 1. The zero-order chi connectivity index (χ0) is 16.3. The molecule has 0 saturated carbocycles. The molecule has 0 unspecified atom stereocenters. The van der Waals surface area contributed by atoms with Crippen LogP contribution in [0.25, 0.3) is 10.2 Å². The lowest BCUT2D eigenvalue weighted by Gasteiger charge is -2.23. The van der Waals surface area contributed by atoms with Crippen LogP contribution in [0.4, 0.5) is 5.13 Å². The van der Waals surface area contributed by atoms with Crippen molar-refractivity contribution in [2.75, 3.05) is 31.1 Å². The van der Waals surface area contributed by atoms with Gasteiger partial charge >= 0.3 is 0 Å². The number of carbonyl (C=O) groups is 1. The smallest absolute Gasteiger partial charge is 0.225 e. The molecule has 0 radical (unpaired) electrons. The molecule has 4 nitrogen and oxygen atoms in total. The molecule has 0 aliphatic rings. The monoisotopic (exact) mass is 319 g/mol. The molecule has 1 aromatic carbocycles. The van der Waals surface area contributed by atoms with Crippen molar-refractivity contribution in [2.45, 2.75) is 34.6 Å². The van der Waals surface area contributed by atoms with E-state index >= 15 is 0 Å². The average Bonchev–Trinajstić information content (AvgIpc) is 2.86. The second-order valence-corrected chi connectivity index (χ2v) is 6.61. The number of anilines is 1. The third-order valence-electron chi connectivity index (χ3n) is 4.14. The predicted octanol–water partition coefficient (Wildman–Crippen LogP) is 3.61. The maximum atomic E-state index is 12.0. The highest BCUT2D eigenvalue weighted by atomic mass is 32.1. The normalized spacial score (nSPS) is 11.4. The number of aryl methyl sites for hydroxylation is 2. The highest BCUT2D eigenvalue weighted by molar-refractivity contribution is 7.22. The van der Waals surface area contributed by atoms with Crippen molar-refractivity contribution in [3.8, 4) is 0 Å². The number of carbonyl (C=O) groups excluding carboxylic acids is 1. The molecule has 0 atom stereocenters. The SMILES string of the molecule is CCN(CC)CCN(C(C)=O)c1nc2cc(C)c(C)cc2s1. The molecule has 1 aromatic heterocycles. The first-order chi connectivity index (χ1) is 10.5. The van der Waals surface area contributed by atoms with E-state index in [0.717, 1.165) is 35.0 Å². The van der Waals surface area contributed by atoms with Crippen LogP contribution in [0, 0.1) is 13.8 Å². The minimum absolute atomic E-state index is 0.0552. The van der Waals surface area contributed by atoms with E-state index in [4.69, 9.17) is 0 Å². The first-order valence-electron chi connectivity index (χ1n) is 7.84. The lowest BCUT2D eigenvalue weighted by Crippen LogP contribution is -2.37. The van der Waals surface area contributed by atoms with Gasteiger partial charge in [-0.15, -0.1) is 0 Å². The van der Waals surface area contributed by atoms with Crippen LogP contribution in [0.1, 0.15) is 31.9 Å². The maximum Gasteiger partial charge on any atom is 0.225 e. The van der Waals surface area contributed by atoms with Crippen LogP contribution in [0.15, 0.2) is 12.1 Å². The van der Waals surface area contributed by atoms with Crippen molar-refractivity contribution in [1.29, 1.82) is 0 Å². The fourth-order valence-corrected chi connectivity index (χ4v) is 3.57. The summed E-state index contributed by atoms with van der Waals surface area (Å²) < 4.78 is 1.15. The van der Waals surface area contributed by atoms with Crippen LogP contribution in [-0.2, 0) is 4.79 Å². The zero-order valence-electron chi connectivity index (χ0n) is 14.1. The van der Waals surface area contributed by atoms with Crippen molar-refractivity contribution < 1.29 is 4.79 Å². The minimum atomic E-state index is 0.0552. The molecule has 0 aliphatic heterocycles. The van der Waals surface area contributed by atoms with Crippen LogP contribution < -0.4 is 4.90 Å². The lowest BCUT2D eigenvalue weighted by atomic mass is 10.1. The number of nitrogens with zero attached hydrogens (tertiary/aromatic N) is 3. The van der Waals surface area contributed by atoms with Gasteiger partial charge in [0.05, 0.1) is 10.2 Å². The Labute approximate surface area is 136 Å². The summed E-state index contributed by atoms with van der Waals surface area (Å²) in [6.45, 7) is 13.7. The molecule has 5 heteroatoms. The van der Waals surface area contributed by atoms with Crippen LogP contribution in [0.5, 0.6) is 0 Å². The molecule has 0 spiro atoms. The van der Waals surface area contributed by atoms with Crippen LogP contribution in [0.2, 0.25) is 0 Å². The van der Waals surface area contributed by atoms with E-state index in [1.165, 1.54) is 11.1 Å². The van der Waals surface area contributed by atoms with Crippen LogP contribution in [-0.4, -0.2) is 42.0 Å². The van der Waals surface area contributed by atoms with Gasteiger partial charge in [-0.3, -0.25) is 9.69 Å². The van der Waals surface area contributed by atoms with E-state index < -0.39 is 0 Å². The van der Waals surface area contributed by atoms with Crippen molar-refractivity contribution in [3.63, 3.8) is 0 Å². The Morgan fingerprint density at radius 2 is 1.77 bits per heavy atom. The van der Waals surface area contributed by atoms with Gasteiger partial charge in [0.1, 0.15) is 0 Å². The first kappa shape index (κ1) is 16.9. The Hall–Kier alpha value is -1.46. The number of thiazole rings is 1. The summed E-state index contributed by atoms with van der Waals surface area (Å²) in [5.74, 6) is 0.0552. The molecule has 0 N–H and O–H groups in total. The van der Waals surface area contributed by atoms with E-state index in [1.54, 1.807) is 23.2 Å². The van der Waals surface area contributed by atoms with E-state index in [1.807, 2.05) is 0 Å². The van der Waals surface area contributed by atoms with Gasteiger partial charge in [-0.05, 0) is 50.2 Å². The Balaban J connectivity index is 2.26. The van der Waals surface area contributed by atoms with E-state index in [9.17, 15) is 4.79 Å². The summed E-state index contributed by atoms with van der Waals surface area (Å²) in [6, 6.07) is 4.27. The molecule has 1 heterocycles. The Bertz CT molecular complexity index is 622. The topological polar surface area (TPSA) is 36.4 Å². The second-order valence-electron chi connectivity index (χ2n) is 5.60. The molecule has 0 bridgehead atoms. The summed E-state index contributed by atoms with van der Waals surface area (Å²) in [5, 5.41) is 0.805. The first-order valence-corrected chi connectivity index (χ1v) is 8.66. The van der Waals surface area contributed by atoms with Gasteiger partial charge < -0.3 is 4.90 Å². The summed E-state index contributed by atoms with van der Waals surface area (Å²) in [6.07, 6.45) is 0. The standard InChI is InChI=1S/C17H25N3OS/c1-6-19(7-2)8-9-20(14(5)21)17-18-15-10-12(3)13(4)11-16(15)22-17/h10-11H,6-9H2,1-5H3. The van der Waals surface area contributed by atoms with E-state index in [-0.39, 0.29) is 5.91 Å². The molecular weight excluding hydrogens is 294 g/mol. The molecule has 2 rings (SSSR count). The van der Waals surface area contributed by atoms with Gasteiger partial charge in [-0.2, -0.15) is 0 Å². The lowest BCUT2D eigenvalue weighted by molar-refractivity contribution is -0.116. The molecular formula is C17H25N3OS. The minimum Gasteiger partial charge on any atom is -0.302 e. The van der Waals surface area contributed by atoms with Gasteiger partial charge in [0, 0.05) is 20.0 Å². The average molecular weight is 319 g/mol. The van der Waals surface area contributed by atoms with Gasteiger partial charge in [0.2, 0.25) is 5.91 Å². The summed E-state index contributed by atoms with van der Waals surface area (Å²) in [7, 11) is 0. The Morgan fingerprint density at radius 1 is 1.14 bits per heavy atom. The number of rotatable bonds is 6. The Morgan fingerprint density at radius 3 is 2.36 bits per heavy atom. The fraction of sp³-hybridized carbons (Fsp3) is 0.529. The molecule has 22 heavy (non-hydrogen) atoms. The molecule has 0 aliphatic carbocycles. The van der Waals surface area contributed by atoms with E-state index in [0.29, 0.717) is 6.54 Å². The highest BCUT2D eigenvalue weighted by Gasteiger charge is 2.17. The molecule has 120 valence electrons. The second kappa shape index (κ2) is 7.20. The van der Waals surface area contributed by atoms with Gasteiger partial charge in [-0.25, -0.2) is 4.98 Å². The molecule has 1 amide bonds. The predicted molar refractivity (Wildman–Crippen MR) is 94.9 cm³/mol. The molecule has 0 fully saturated rings. The van der Waals surface area contributed by atoms with E-state index in [2.05, 4.69) is 49.7 Å². The number of hydrogen-bond donors (Lipinski definition) is 0. The largest absolute Gasteiger partial charge is 0.302 e. The van der Waals surface area contributed by atoms with Crippen molar-refractivity contribution in [2.24, 2.45) is 0 Å². The van der Waals surface area contributed by atoms with Crippen molar-refractivity contribution >= 4 is 32.6 Å². The number of likely N-dealkylation sites (N-methyl/N-ethyl adjacent to an activating group) is 1. The summed E-state index contributed by atoms with van der Waals surface area (Å²) in [4.78, 5) is 20.8. The number of hydrogen-bond acceptors (Lipinski definition) is 4. The van der Waals surface area contributed by atoms with Crippen molar-refractivity contribution in [1.82, 2.24) is 9.88 Å². The number of aromatic nitrogens is 1.